The maximum Gasteiger partial charge on any atom is 0.408 e. The minimum Gasteiger partial charge on any atom is -0.444 e. The van der Waals surface area contributed by atoms with Crippen molar-refractivity contribution in [2.75, 3.05) is 13.1 Å². The lowest BCUT2D eigenvalue weighted by atomic mass is 10.1. The second-order valence-electron chi connectivity index (χ2n) is 7.06. The number of alkyl carbamates (subject to hydrolysis) is 1. The summed E-state index contributed by atoms with van der Waals surface area (Å²) in [4.78, 5) is 24.5. The molecule has 0 bridgehead atoms. The molecule has 0 unspecified atom stereocenters. The molecule has 8 heteroatoms. The van der Waals surface area contributed by atoms with Crippen molar-refractivity contribution in [2.24, 2.45) is 0 Å². The Bertz CT molecular complexity index is 609. The van der Waals surface area contributed by atoms with E-state index in [0.29, 0.717) is 24.5 Å². The third kappa shape index (κ3) is 6.53. The van der Waals surface area contributed by atoms with Crippen molar-refractivity contribution in [3.63, 3.8) is 0 Å². The molecule has 0 spiro atoms. The second kappa shape index (κ2) is 8.03. The molecule has 1 atom stereocenters. The van der Waals surface area contributed by atoms with Crippen molar-refractivity contribution in [3.05, 3.63) is 34.9 Å². The summed E-state index contributed by atoms with van der Waals surface area (Å²) in [5, 5.41) is 14.1. The van der Waals surface area contributed by atoms with Gasteiger partial charge < -0.3 is 15.2 Å². The van der Waals surface area contributed by atoms with E-state index in [-0.39, 0.29) is 5.91 Å². The van der Waals surface area contributed by atoms with Gasteiger partial charge in [0.1, 0.15) is 11.6 Å². The highest BCUT2D eigenvalue weighted by molar-refractivity contribution is 6.30. The number of hydrogen-bond acceptors (Lipinski definition) is 5. The zero-order valence-electron chi connectivity index (χ0n) is 14.6. The van der Waals surface area contributed by atoms with E-state index in [1.54, 1.807) is 50.0 Å². The van der Waals surface area contributed by atoms with Gasteiger partial charge in [0.25, 0.3) is 5.91 Å². The van der Waals surface area contributed by atoms with Crippen LogP contribution in [0.4, 0.5) is 4.79 Å². The highest BCUT2D eigenvalue weighted by Gasteiger charge is 2.30. The van der Waals surface area contributed by atoms with Crippen molar-refractivity contribution in [2.45, 2.75) is 44.9 Å². The van der Waals surface area contributed by atoms with E-state index >= 15 is 0 Å². The fourth-order valence-corrected chi connectivity index (χ4v) is 2.42. The zero-order chi connectivity index (χ0) is 18.6. The number of β-amino-alcohol motifs (C(OH)–C–C–N with tert-alkyl or cyclic N) is 1. The van der Waals surface area contributed by atoms with Gasteiger partial charge in [0.2, 0.25) is 0 Å². The number of halogens is 1. The molecule has 1 aliphatic rings. The Morgan fingerprint density at radius 2 is 1.92 bits per heavy atom. The predicted octanol–water partition coefficient (Wildman–Crippen LogP) is 1.48. The first-order valence-electron chi connectivity index (χ1n) is 8.10. The molecule has 0 aliphatic carbocycles. The molecular formula is C17H24ClN3O4. The van der Waals surface area contributed by atoms with E-state index < -0.39 is 23.8 Å². The van der Waals surface area contributed by atoms with Crippen molar-refractivity contribution >= 4 is 23.6 Å². The first-order valence-corrected chi connectivity index (χ1v) is 8.47. The number of aliphatic hydroxyl groups is 1. The van der Waals surface area contributed by atoms with Gasteiger partial charge in [0, 0.05) is 24.5 Å². The van der Waals surface area contributed by atoms with Gasteiger partial charge in [-0.1, -0.05) is 23.7 Å². The summed E-state index contributed by atoms with van der Waals surface area (Å²) < 4.78 is 5.23. The highest BCUT2D eigenvalue weighted by Crippen LogP contribution is 2.13. The molecule has 25 heavy (non-hydrogen) atoms. The normalized spacial score (nSPS) is 16.7. The number of rotatable bonds is 5. The monoisotopic (exact) mass is 369 g/mol. The van der Waals surface area contributed by atoms with Gasteiger partial charge in [-0.15, -0.1) is 0 Å². The minimum absolute atomic E-state index is 0.290. The summed E-state index contributed by atoms with van der Waals surface area (Å²) in [5.74, 6) is -0.368. The highest BCUT2D eigenvalue weighted by atomic mass is 35.5. The quantitative estimate of drug-likeness (QED) is 0.731. The Hall–Kier alpha value is -1.83. The van der Waals surface area contributed by atoms with Crippen molar-refractivity contribution < 1.29 is 19.4 Å². The summed E-state index contributed by atoms with van der Waals surface area (Å²) in [6.45, 7) is 5.99. The first-order chi connectivity index (χ1) is 11.6. The molecular weight excluding hydrogens is 346 g/mol. The maximum atomic E-state index is 12.5. The number of aliphatic hydroxyl groups excluding tert-OH is 1. The number of carbonyl (C=O) groups excluding carboxylic acids is 2. The molecule has 0 aromatic heterocycles. The summed E-state index contributed by atoms with van der Waals surface area (Å²) in [7, 11) is 0. The van der Waals surface area contributed by atoms with Crippen LogP contribution in [0, 0.1) is 0 Å². The average molecular weight is 370 g/mol. The number of hydrazine groups is 1. The number of amides is 2. The van der Waals surface area contributed by atoms with E-state index in [1.165, 1.54) is 0 Å². The van der Waals surface area contributed by atoms with Gasteiger partial charge in [-0.05, 0) is 38.5 Å². The molecule has 1 aliphatic heterocycles. The molecule has 0 radical (unpaired) electrons. The van der Waals surface area contributed by atoms with Gasteiger partial charge >= 0.3 is 6.09 Å². The fourth-order valence-electron chi connectivity index (χ4n) is 2.30. The lowest BCUT2D eigenvalue weighted by Crippen LogP contribution is -2.62. The molecule has 1 saturated heterocycles. The lowest BCUT2D eigenvalue weighted by Gasteiger charge is -2.36. The number of ether oxygens (including phenoxy) is 1. The van der Waals surface area contributed by atoms with Crippen LogP contribution in [0.5, 0.6) is 0 Å². The van der Waals surface area contributed by atoms with Crippen LogP contribution >= 0.6 is 11.6 Å². The Kier molecular flexibility index (Phi) is 6.26. The molecule has 138 valence electrons. The Morgan fingerprint density at radius 1 is 1.32 bits per heavy atom. The van der Waals surface area contributed by atoms with Gasteiger partial charge in [-0.3, -0.25) is 10.2 Å². The molecule has 7 nitrogen and oxygen atoms in total. The van der Waals surface area contributed by atoms with Crippen LogP contribution < -0.4 is 10.7 Å². The van der Waals surface area contributed by atoms with Crippen molar-refractivity contribution in [1.29, 1.82) is 0 Å². The van der Waals surface area contributed by atoms with Crippen LogP contribution in [0.2, 0.25) is 5.02 Å². The third-order valence-corrected chi connectivity index (χ3v) is 3.74. The van der Waals surface area contributed by atoms with Crippen LogP contribution in [0.25, 0.3) is 0 Å². The van der Waals surface area contributed by atoms with Crippen LogP contribution in [-0.4, -0.2) is 53.0 Å². The van der Waals surface area contributed by atoms with E-state index in [0.717, 1.165) is 5.56 Å². The van der Waals surface area contributed by atoms with E-state index in [1.807, 2.05) is 0 Å². The largest absolute Gasteiger partial charge is 0.444 e. The molecule has 3 N–H and O–H groups in total. The maximum absolute atomic E-state index is 12.5. The number of carbonyl (C=O) groups is 2. The SMILES string of the molecule is CC(C)(C)OC(=O)N[C@H](Cc1ccc(Cl)cc1)C(=O)NN1CC(O)C1. The molecule has 2 amide bonds. The Labute approximate surface area is 152 Å². The summed E-state index contributed by atoms with van der Waals surface area (Å²) in [6, 6.07) is 6.24. The standard InChI is InChI=1S/C17H24ClN3O4/c1-17(2,3)25-16(24)19-14(8-11-4-6-12(18)7-5-11)15(23)20-21-9-13(22)10-21/h4-7,13-14,22H,8-10H2,1-3H3,(H,19,24)(H,20,23)/t14-/m1/s1. The Balaban J connectivity index is 2.02. The molecule has 2 rings (SSSR count). The second-order valence-corrected chi connectivity index (χ2v) is 7.50. The summed E-state index contributed by atoms with van der Waals surface area (Å²) >= 11 is 5.88. The molecule has 1 heterocycles. The van der Waals surface area contributed by atoms with Gasteiger partial charge in [0.15, 0.2) is 0 Å². The first kappa shape index (κ1) is 19.5. The average Bonchev–Trinajstić information content (AvgIpc) is 2.45. The molecule has 0 saturated carbocycles. The number of nitrogens with zero attached hydrogens (tertiary/aromatic N) is 1. The smallest absolute Gasteiger partial charge is 0.408 e. The lowest BCUT2D eigenvalue weighted by molar-refractivity contribution is -0.133. The van der Waals surface area contributed by atoms with Gasteiger partial charge in [-0.25, -0.2) is 9.80 Å². The van der Waals surface area contributed by atoms with Crippen molar-refractivity contribution in [3.8, 4) is 0 Å². The molecule has 1 aromatic rings. The van der Waals surface area contributed by atoms with Crippen LogP contribution in [0.3, 0.4) is 0 Å². The third-order valence-electron chi connectivity index (χ3n) is 3.49. The fraction of sp³-hybridized carbons (Fsp3) is 0.529. The number of hydrogen-bond donors (Lipinski definition) is 3. The topological polar surface area (TPSA) is 90.9 Å². The number of benzene rings is 1. The number of nitrogens with one attached hydrogen (secondary N) is 2. The van der Waals surface area contributed by atoms with Crippen molar-refractivity contribution in [1.82, 2.24) is 15.8 Å². The van der Waals surface area contributed by atoms with Crippen LogP contribution in [0.15, 0.2) is 24.3 Å². The summed E-state index contributed by atoms with van der Waals surface area (Å²) in [5.41, 5.74) is 2.88. The van der Waals surface area contributed by atoms with Gasteiger partial charge in [0.05, 0.1) is 6.10 Å². The van der Waals surface area contributed by atoms with E-state index in [9.17, 15) is 14.7 Å². The summed E-state index contributed by atoms with van der Waals surface area (Å²) in [6.07, 6.45) is -0.808. The minimum atomic E-state index is -0.811. The molecule has 1 aromatic carbocycles. The Morgan fingerprint density at radius 3 is 2.44 bits per heavy atom. The predicted molar refractivity (Wildman–Crippen MR) is 94.0 cm³/mol. The van der Waals surface area contributed by atoms with Crippen LogP contribution in [0.1, 0.15) is 26.3 Å². The van der Waals surface area contributed by atoms with E-state index in [4.69, 9.17) is 16.3 Å². The van der Waals surface area contributed by atoms with Gasteiger partial charge in [-0.2, -0.15) is 0 Å². The molecule has 1 fully saturated rings. The zero-order valence-corrected chi connectivity index (χ0v) is 15.3. The van der Waals surface area contributed by atoms with Crippen LogP contribution in [-0.2, 0) is 16.0 Å². The van der Waals surface area contributed by atoms with E-state index in [2.05, 4.69) is 10.7 Å².